The first-order valence-corrected chi connectivity index (χ1v) is 6.11. The monoisotopic (exact) mass is 205 g/mol. The van der Waals surface area contributed by atoms with Crippen LogP contribution in [0.15, 0.2) is 0 Å². The van der Waals surface area contributed by atoms with E-state index in [1.807, 2.05) is 0 Å². The van der Waals surface area contributed by atoms with Gasteiger partial charge in [-0.2, -0.15) is 0 Å². The molecular weight excluding hydrogens is 186 g/mol. The van der Waals surface area contributed by atoms with Crippen LogP contribution in [0.3, 0.4) is 0 Å². The Morgan fingerprint density at radius 1 is 1.25 bits per heavy atom. The molecule has 1 nitrogen and oxygen atoms in total. The normalized spacial score (nSPS) is 9.83. The van der Waals surface area contributed by atoms with Crippen molar-refractivity contribution in [2.24, 2.45) is 0 Å². The molecule has 0 radical (unpaired) electrons. The number of hydrogen-bond donors (Lipinski definition) is 1. The van der Waals surface area contributed by atoms with Gasteiger partial charge in [-0.25, -0.2) is 0 Å². The highest BCUT2D eigenvalue weighted by atomic mass is 32.2. The second-order valence-corrected chi connectivity index (χ2v) is 4.65. The number of rotatable bonds is 6. The van der Waals surface area contributed by atoms with Crippen LogP contribution in [0.5, 0.6) is 0 Å². The maximum Gasteiger partial charge on any atom is 0.133 e. The summed E-state index contributed by atoms with van der Waals surface area (Å²) in [7, 11) is 0. The predicted octanol–water partition coefficient (Wildman–Crippen LogP) is 3.19. The van der Waals surface area contributed by atoms with E-state index in [0.29, 0.717) is 0 Å². The number of unbranched alkanes of at least 4 members (excludes halogenated alkanes) is 3. The predicted molar refractivity (Wildman–Crippen MR) is 62.9 cm³/mol. The molecule has 12 heavy (non-hydrogen) atoms. The average molecular weight is 205 g/mol. The van der Waals surface area contributed by atoms with Crippen molar-refractivity contribution in [3.8, 4) is 0 Å². The van der Waals surface area contributed by atoms with E-state index in [9.17, 15) is 0 Å². The van der Waals surface area contributed by atoms with Gasteiger partial charge < -0.3 is 5.32 Å². The smallest absolute Gasteiger partial charge is 0.133 e. The molecule has 0 spiro atoms. The molecule has 0 saturated heterocycles. The summed E-state index contributed by atoms with van der Waals surface area (Å²) in [5.74, 6) is 1.07. The third kappa shape index (κ3) is 8.34. The molecule has 0 saturated carbocycles. The summed E-state index contributed by atoms with van der Waals surface area (Å²) in [5.41, 5.74) is 0. The molecule has 0 rings (SSSR count). The SMILES string of the molecule is CCCCCCNC(=S)SCC. The first kappa shape index (κ1) is 12.2. The minimum absolute atomic E-state index is 0.953. The topological polar surface area (TPSA) is 12.0 Å². The fourth-order valence-corrected chi connectivity index (χ4v) is 1.85. The fourth-order valence-electron chi connectivity index (χ4n) is 0.924. The Hall–Kier alpha value is 0.240. The molecule has 0 aliphatic carbocycles. The summed E-state index contributed by atoms with van der Waals surface area (Å²) in [5, 5.41) is 3.24. The Morgan fingerprint density at radius 2 is 2.00 bits per heavy atom. The highest BCUT2D eigenvalue weighted by Crippen LogP contribution is 2.01. The average Bonchev–Trinajstić information content (AvgIpc) is 2.05. The van der Waals surface area contributed by atoms with Crippen molar-refractivity contribution in [2.75, 3.05) is 12.3 Å². The van der Waals surface area contributed by atoms with Crippen LogP contribution in [0.25, 0.3) is 0 Å². The standard InChI is InChI=1S/C9H19NS2/c1-3-5-6-7-8-10-9(11)12-4-2/h3-8H2,1-2H3,(H,10,11). The Bertz CT molecular complexity index is 115. The van der Waals surface area contributed by atoms with Gasteiger partial charge in [0.05, 0.1) is 0 Å². The first-order chi connectivity index (χ1) is 5.81. The van der Waals surface area contributed by atoms with Gasteiger partial charge in [-0.05, 0) is 12.2 Å². The van der Waals surface area contributed by atoms with Gasteiger partial charge in [0.2, 0.25) is 0 Å². The van der Waals surface area contributed by atoms with Crippen LogP contribution in [-0.4, -0.2) is 16.6 Å². The summed E-state index contributed by atoms with van der Waals surface area (Å²) < 4.78 is 0.953. The molecule has 0 unspecified atom stereocenters. The number of nitrogens with one attached hydrogen (secondary N) is 1. The molecule has 1 N–H and O–H groups in total. The zero-order valence-corrected chi connectivity index (χ0v) is 9.69. The van der Waals surface area contributed by atoms with Gasteiger partial charge in [0, 0.05) is 6.54 Å². The van der Waals surface area contributed by atoms with Crippen LogP contribution in [0, 0.1) is 0 Å². The van der Waals surface area contributed by atoms with Crippen molar-refractivity contribution >= 4 is 28.3 Å². The Labute approximate surface area is 85.7 Å². The molecule has 3 heteroatoms. The molecule has 0 aliphatic heterocycles. The van der Waals surface area contributed by atoms with E-state index >= 15 is 0 Å². The van der Waals surface area contributed by atoms with Crippen molar-refractivity contribution in [1.29, 1.82) is 0 Å². The lowest BCUT2D eigenvalue weighted by Crippen LogP contribution is -2.19. The third-order valence-electron chi connectivity index (χ3n) is 1.58. The van der Waals surface area contributed by atoms with Gasteiger partial charge in [0.15, 0.2) is 0 Å². The number of thioether (sulfide) groups is 1. The van der Waals surface area contributed by atoms with Crippen molar-refractivity contribution in [2.45, 2.75) is 39.5 Å². The lowest BCUT2D eigenvalue weighted by atomic mass is 10.2. The van der Waals surface area contributed by atoms with Crippen LogP contribution < -0.4 is 5.32 Å². The first-order valence-electron chi connectivity index (χ1n) is 4.71. The second kappa shape index (κ2) is 9.33. The molecular formula is C9H19NS2. The van der Waals surface area contributed by atoms with Crippen LogP contribution in [0.2, 0.25) is 0 Å². The van der Waals surface area contributed by atoms with E-state index in [-0.39, 0.29) is 0 Å². The zero-order valence-electron chi connectivity index (χ0n) is 8.06. The molecule has 0 aromatic rings. The molecule has 0 aliphatic rings. The van der Waals surface area contributed by atoms with E-state index in [1.165, 1.54) is 25.7 Å². The molecule has 0 atom stereocenters. The van der Waals surface area contributed by atoms with E-state index in [2.05, 4.69) is 19.2 Å². The molecule has 0 aromatic heterocycles. The van der Waals surface area contributed by atoms with Gasteiger partial charge in [0.1, 0.15) is 4.32 Å². The lowest BCUT2D eigenvalue weighted by Gasteiger charge is -2.05. The minimum Gasteiger partial charge on any atom is -0.371 e. The summed E-state index contributed by atoms with van der Waals surface area (Å²) in [6.45, 7) is 5.40. The van der Waals surface area contributed by atoms with Gasteiger partial charge in [-0.15, -0.1) is 0 Å². The van der Waals surface area contributed by atoms with Crippen molar-refractivity contribution in [3.63, 3.8) is 0 Å². The number of thiocarbonyl (C=S) groups is 1. The Kier molecular flexibility index (Phi) is 9.52. The van der Waals surface area contributed by atoms with Crippen molar-refractivity contribution < 1.29 is 0 Å². The zero-order chi connectivity index (χ0) is 9.23. The van der Waals surface area contributed by atoms with Crippen LogP contribution in [0.4, 0.5) is 0 Å². The van der Waals surface area contributed by atoms with Gasteiger partial charge >= 0.3 is 0 Å². The maximum atomic E-state index is 5.08. The highest BCUT2D eigenvalue weighted by Gasteiger charge is 1.93. The molecule has 0 fully saturated rings. The largest absolute Gasteiger partial charge is 0.371 e. The van der Waals surface area contributed by atoms with Crippen LogP contribution in [0.1, 0.15) is 39.5 Å². The van der Waals surface area contributed by atoms with Gasteiger partial charge in [0.25, 0.3) is 0 Å². The van der Waals surface area contributed by atoms with Crippen molar-refractivity contribution in [3.05, 3.63) is 0 Å². The third-order valence-corrected chi connectivity index (χ3v) is 2.77. The molecule has 0 heterocycles. The van der Waals surface area contributed by atoms with E-state index in [1.54, 1.807) is 11.8 Å². The summed E-state index contributed by atoms with van der Waals surface area (Å²) in [6, 6.07) is 0. The summed E-state index contributed by atoms with van der Waals surface area (Å²) in [6.07, 6.45) is 5.21. The number of hydrogen-bond acceptors (Lipinski definition) is 2. The van der Waals surface area contributed by atoms with Crippen molar-refractivity contribution in [1.82, 2.24) is 5.32 Å². The van der Waals surface area contributed by atoms with Crippen LogP contribution in [-0.2, 0) is 0 Å². The van der Waals surface area contributed by atoms with Gasteiger partial charge in [-0.3, -0.25) is 0 Å². The Morgan fingerprint density at radius 3 is 2.58 bits per heavy atom. The molecule has 0 bridgehead atoms. The fraction of sp³-hybridized carbons (Fsp3) is 0.889. The van der Waals surface area contributed by atoms with E-state index in [0.717, 1.165) is 16.6 Å². The molecule has 0 aromatic carbocycles. The van der Waals surface area contributed by atoms with Crippen LogP contribution >= 0.6 is 24.0 Å². The quantitative estimate of drug-likeness (QED) is 0.528. The maximum absolute atomic E-state index is 5.08. The Balaban J connectivity index is 3.03. The second-order valence-electron chi connectivity index (χ2n) is 2.71. The highest BCUT2D eigenvalue weighted by molar-refractivity contribution is 8.22. The minimum atomic E-state index is 0.953. The summed E-state index contributed by atoms with van der Waals surface area (Å²) >= 11 is 6.80. The molecule has 72 valence electrons. The summed E-state index contributed by atoms with van der Waals surface area (Å²) in [4.78, 5) is 0. The van der Waals surface area contributed by atoms with E-state index in [4.69, 9.17) is 12.2 Å². The van der Waals surface area contributed by atoms with E-state index < -0.39 is 0 Å². The van der Waals surface area contributed by atoms with Gasteiger partial charge in [-0.1, -0.05) is 57.1 Å². The lowest BCUT2D eigenvalue weighted by molar-refractivity contribution is 0.657. The molecule has 0 amide bonds.